The minimum atomic E-state index is -0.155. The van der Waals surface area contributed by atoms with E-state index in [1.54, 1.807) is 0 Å². The minimum Gasteiger partial charge on any atom is -0.484 e. The van der Waals surface area contributed by atoms with Crippen LogP contribution in [-0.4, -0.2) is 6.54 Å². The van der Waals surface area contributed by atoms with Crippen molar-refractivity contribution in [2.45, 2.75) is 20.0 Å². The summed E-state index contributed by atoms with van der Waals surface area (Å²) in [6, 6.07) is 13.8. The third-order valence-electron chi connectivity index (χ3n) is 3.05. The van der Waals surface area contributed by atoms with Crippen LogP contribution >= 0.6 is 11.6 Å². The monoisotopic (exact) mass is 275 g/mol. The quantitative estimate of drug-likeness (QED) is 0.914. The lowest BCUT2D eigenvalue weighted by molar-refractivity contribution is 0.213. The average molecular weight is 276 g/mol. The van der Waals surface area contributed by atoms with Crippen molar-refractivity contribution in [3.8, 4) is 5.75 Å². The van der Waals surface area contributed by atoms with E-state index in [2.05, 4.69) is 19.1 Å². The third-order valence-corrected chi connectivity index (χ3v) is 3.28. The third kappa shape index (κ3) is 3.49. The molecule has 0 heterocycles. The Morgan fingerprint density at radius 1 is 1.16 bits per heavy atom. The molecule has 0 aliphatic carbocycles. The van der Waals surface area contributed by atoms with Gasteiger partial charge in [0.15, 0.2) is 0 Å². The van der Waals surface area contributed by atoms with Gasteiger partial charge in [0.25, 0.3) is 0 Å². The fourth-order valence-electron chi connectivity index (χ4n) is 1.98. The molecule has 0 bridgehead atoms. The lowest BCUT2D eigenvalue weighted by Gasteiger charge is -2.19. The molecule has 3 heteroatoms. The van der Waals surface area contributed by atoms with Gasteiger partial charge in [-0.15, -0.1) is 0 Å². The van der Waals surface area contributed by atoms with Crippen LogP contribution in [0.1, 0.15) is 22.8 Å². The predicted octanol–water partition coefficient (Wildman–Crippen LogP) is 4.04. The van der Waals surface area contributed by atoms with Crippen molar-refractivity contribution in [1.82, 2.24) is 0 Å². The van der Waals surface area contributed by atoms with Crippen molar-refractivity contribution >= 4 is 11.6 Å². The second kappa shape index (κ2) is 6.09. The number of rotatable bonds is 4. The van der Waals surface area contributed by atoms with E-state index in [1.165, 1.54) is 5.56 Å². The average Bonchev–Trinajstić information content (AvgIpc) is 2.39. The van der Waals surface area contributed by atoms with E-state index in [1.807, 2.05) is 37.3 Å². The molecule has 2 nitrogen and oxygen atoms in total. The van der Waals surface area contributed by atoms with E-state index in [0.29, 0.717) is 11.6 Å². The van der Waals surface area contributed by atoms with E-state index in [-0.39, 0.29) is 6.10 Å². The molecule has 1 atom stereocenters. The number of hydrogen-bond acceptors (Lipinski definition) is 2. The van der Waals surface area contributed by atoms with Gasteiger partial charge in [-0.25, -0.2) is 0 Å². The van der Waals surface area contributed by atoms with Crippen molar-refractivity contribution in [2.75, 3.05) is 6.54 Å². The van der Waals surface area contributed by atoms with Crippen LogP contribution in [0.15, 0.2) is 42.5 Å². The van der Waals surface area contributed by atoms with Gasteiger partial charge in [-0.3, -0.25) is 0 Å². The number of hydrogen-bond donors (Lipinski definition) is 1. The molecular weight excluding hydrogens is 258 g/mol. The predicted molar refractivity (Wildman–Crippen MR) is 79.8 cm³/mol. The van der Waals surface area contributed by atoms with Gasteiger partial charge in [0.05, 0.1) is 0 Å². The number of benzene rings is 2. The summed E-state index contributed by atoms with van der Waals surface area (Å²) in [5.74, 6) is 0.782. The second-order valence-corrected chi connectivity index (χ2v) is 5.10. The minimum absolute atomic E-state index is 0.155. The second-order valence-electron chi connectivity index (χ2n) is 4.67. The molecule has 0 radical (unpaired) electrons. The van der Waals surface area contributed by atoms with Gasteiger partial charge in [0.1, 0.15) is 11.9 Å². The lowest BCUT2D eigenvalue weighted by atomic mass is 10.1. The number of aryl methyl sites for hydroxylation is 2. The van der Waals surface area contributed by atoms with Crippen LogP contribution in [0.5, 0.6) is 5.75 Å². The lowest BCUT2D eigenvalue weighted by Crippen LogP contribution is -2.18. The summed E-state index contributed by atoms with van der Waals surface area (Å²) >= 11 is 6.00. The van der Waals surface area contributed by atoms with Crippen LogP contribution in [0.3, 0.4) is 0 Å². The first-order valence-corrected chi connectivity index (χ1v) is 6.67. The van der Waals surface area contributed by atoms with Gasteiger partial charge >= 0.3 is 0 Å². The van der Waals surface area contributed by atoms with E-state index in [4.69, 9.17) is 22.1 Å². The summed E-state index contributed by atoms with van der Waals surface area (Å²) in [7, 11) is 0. The van der Waals surface area contributed by atoms with Crippen molar-refractivity contribution in [2.24, 2.45) is 5.73 Å². The van der Waals surface area contributed by atoms with Crippen molar-refractivity contribution in [3.05, 3.63) is 64.2 Å². The maximum absolute atomic E-state index is 6.01. The van der Waals surface area contributed by atoms with Gasteiger partial charge in [-0.05, 0) is 37.1 Å². The first-order chi connectivity index (χ1) is 9.10. The SMILES string of the molecule is Cc1cccc(C(CN)Oc2cc(Cl)ccc2C)c1. The topological polar surface area (TPSA) is 35.2 Å². The highest BCUT2D eigenvalue weighted by atomic mass is 35.5. The van der Waals surface area contributed by atoms with Crippen LogP contribution in [-0.2, 0) is 0 Å². The molecule has 0 amide bonds. The highest BCUT2D eigenvalue weighted by Crippen LogP contribution is 2.27. The van der Waals surface area contributed by atoms with E-state index < -0.39 is 0 Å². The molecule has 2 N–H and O–H groups in total. The van der Waals surface area contributed by atoms with Crippen LogP contribution in [0.4, 0.5) is 0 Å². The molecule has 0 spiro atoms. The summed E-state index contributed by atoms with van der Waals surface area (Å²) in [6.45, 7) is 4.48. The molecule has 0 aromatic heterocycles. The molecule has 0 saturated carbocycles. The Balaban J connectivity index is 2.26. The molecule has 0 aliphatic heterocycles. The smallest absolute Gasteiger partial charge is 0.136 e. The van der Waals surface area contributed by atoms with Crippen molar-refractivity contribution in [3.63, 3.8) is 0 Å². The van der Waals surface area contributed by atoms with Gasteiger partial charge in [0.2, 0.25) is 0 Å². The Bertz CT molecular complexity index is 568. The fourth-order valence-corrected chi connectivity index (χ4v) is 2.14. The Morgan fingerprint density at radius 2 is 1.95 bits per heavy atom. The Labute approximate surface area is 119 Å². The molecule has 19 heavy (non-hydrogen) atoms. The molecule has 0 fully saturated rings. The van der Waals surface area contributed by atoms with E-state index in [9.17, 15) is 0 Å². The van der Waals surface area contributed by atoms with Gasteiger partial charge < -0.3 is 10.5 Å². The zero-order valence-electron chi connectivity index (χ0n) is 11.2. The maximum Gasteiger partial charge on any atom is 0.136 e. The van der Waals surface area contributed by atoms with Crippen LogP contribution in [0.2, 0.25) is 5.02 Å². The number of ether oxygens (including phenoxy) is 1. The standard InChI is InChI=1S/C16H18ClNO/c1-11-4-3-5-13(8-11)16(10-18)19-15-9-14(17)7-6-12(15)2/h3-9,16H,10,18H2,1-2H3. The van der Waals surface area contributed by atoms with Crippen LogP contribution < -0.4 is 10.5 Å². The summed E-state index contributed by atoms with van der Waals surface area (Å²) in [5, 5.41) is 0.667. The van der Waals surface area contributed by atoms with E-state index >= 15 is 0 Å². The fraction of sp³-hybridized carbons (Fsp3) is 0.250. The molecule has 0 saturated heterocycles. The van der Waals surface area contributed by atoms with Crippen molar-refractivity contribution in [1.29, 1.82) is 0 Å². The Kier molecular flexibility index (Phi) is 4.46. The van der Waals surface area contributed by atoms with Gasteiger partial charge in [-0.1, -0.05) is 47.5 Å². The van der Waals surface area contributed by atoms with E-state index in [0.717, 1.165) is 16.9 Å². The maximum atomic E-state index is 6.01. The van der Waals surface area contributed by atoms with Crippen molar-refractivity contribution < 1.29 is 4.74 Å². The number of halogens is 1. The molecule has 2 aromatic rings. The molecular formula is C16H18ClNO. The molecule has 1 unspecified atom stereocenters. The van der Waals surface area contributed by atoms with Crippen LogP contribution in [0, 0.1) is 13.8 Å². The highest BCUT2D eigenvalue weighted by Gasteiger charge is 2.13. The largest absolute Gasteiger partial charge is 0.484 e. The Hall–Kier alpha value is -1.51. The molecule has 2 aromatic carbocycles. The van der Waals surface area contributed by atoms with Gasteiger partial charge in [0, 0.05) is 11.6 Å². The normalized spacial score (nSPS) is 12.2. The van der Waals surface area contributed by atoms with Crippen LogP contribution in [0.25, 0.3) is 0 Å². The summed E-state index contributed by atoms with van der Waals surface area (Å²) in [6.07, 6.45) is -0.155. The summed E-state index contributed by atoms with van der Waals surface area (Å²) in [4.78, 5) is 0. The first-order valence-electron chi connectivity index (χ1n) is 6.29. The van der Waals surface area contributed by atoms with Gasteiger partial charge in [-0.2, -0.15) is 0 Å². The highest BCUT2D eigenvalue weighted by molar-refractivity contribution is 6.30. The molecule has 0 aliphatic rings. The molecule has 100 valence electrons. The Morgan fingerprint density at radius 3 is 2.63 bits per heavy atom. The first kappa shape index (κ1) is 13.9. The zero-order valence-corrected chi connectivity index (χ0v) is 11.9. The summed E-state index contributed by atoms with van der Waals surface area (Å²) < 4.78 is 6.01. The molecule has 2 rings (SSSR count). The number of nitrogens with two attached hydrogens (primary N) is 1. The zero-order chi connectivity index (χ0) is 13.8. The summed E-state index contributed by atoms with van der Waals surface area (Å²) in [5.41, 5.74) is 9.17.